The molecule has 1 aromatic carbocycles. The number of aryl methyl sites for hydroxylation is 1. The van der Waals surface area contributed by atoms with E-state index in [1.54, 1.807) is 0 Å². The Kier molecular flexibility index (Phi) is 12.4. The molecule has 26 heavy (non-hydrogen) atoms. The number of ether oxygens (including phenoxy) is 1. The van der Waals surface area contributed by atoms with Crippen molar-refractivity contribution in [2.24, 2.45) is 0 Å². The number of halogens is 1. The van der Waals surface area contributed by atoms with E-state index >= 15 is 0 Å². The molecule has 0 radical (unpaired) electrons. The van der Waals surface area contributed by atoms with Crippen LogP contribution in [0.1, 0.15) is 71.6 Å². The average molecular weight is 470 g/mol. The van der Waals surface area contributed by atoms with Gasteiger partial charge in [0.1, 0.15) is 23.7 Å². The van der Waals surface area contributed by atoms with Crippen molar-refractivity contribution >= 4 is 0 Å². The molecule has 0 saturated heterocycles. The highest BCUT2D eigenvalue weighted by atomic mass is 127. The number of benzene rings is 1. The van der Waals surface area contributed by atoms with Gasteiger partial charge >= 0.3 is 0 Å². The second-order valence-electron chi connectivity index (χ2n) is 6.76. The molecule has 0 aliphatic rings. The van der Waals surface area contributed by atoms with E-state index < -0.39 is 0 Å². The first-order chi connectivity index (χ1) is 12.4. The van der Waals surface area contributed by atoms with Crippen molar-refractivity contribution in [3.8, 4) is 17.1 Å². The fourth-order valence-corrected chi connectivity index (χ4v) is 3.32. The van der Waals surface area contributed by atoms with Crippen LogP contribution in [0.25, 0.3) is 11.4 Å². The van der Waals surface area contributed by atoms with Gasteiger partial charge in [0, 0.05) is 0 Å². The van der Waals surface area contributed by atoms with E-state index in [0.29, 0.717) is 6.61 Å². The maximum Gasteiger partial charge on any atom is 0.290 e. The molecule has 0 bridgehead atoms. The first-order valence-electron chi connectivity index (χ1n) is 10.2. The average Bonchev–Trinajstić information content (AvgIpc) is 3.09. The topological polar surface area (TPSA) is 28.9 Å². The van der Waals surface area contributed by atoms with Gasteiger partial charge in [0.05, 0.1) is 13.2 Å². The van der Waals surface area contributed by atoms with Gasteiger partial charge < -0.3 is 28.7 Å². The van der Waals surface area contributed by atoms with E-state index in [4.69, 9.17) is 4.74 Å². The summed E-state index contributed by atoms with van der Waals surface area (Å²) < 4.78 is 8.10. The SMILES string of the molecule is CCCCCCCCCCC[n+]1cc[nH]c1-c1ccccc1OCC.[I-]. The lowest BCUT2D eigenvalue weighted by Gasteiger charge is -2.08. The van der Waals surface area contributed by atoms with E-state index in [1.807, 2.05) is 25.3 Å². The van der Waals surface area contributed by atoms with E-state index in [-0.39, 0.29) is 24.0 Å². The lowest BCUT2D eigenvalue weighted by molar-refractivity contribution is -0.685. The number of hydrogen-bond acceptors (Lipinski definition) is 1. The van der Waals surface area contributed by atoms with Crippen LogP contribution in [0.2, 0.25) is 0 Å². The van der Waals surface area contributed by atoms with Gasteiger partial charge in [-0.05, 0) is 31.9 Å². The Bertz CT molecular complexity index is 597. The largest absolute Gasteiger partial charge is 1.00 e. The van der Waals surface area contributed by atoms with Crippen LogP contribution in [0, 0.1) is 0 Å². The molecule has 0 saturated carbocycles. The molecule has 2 aromatic rings. The summed E-state index contributed by atoms with van der Waals surface area (Å²) in [4.78, 5) is 3.38. The zero-order chi connectivity index (χ0) is 17.7. The van der Waals surface area contributed by atoms with E-state index in [2.05, 4.69) is 34.8 Å². The summed E-state index contributed by atoms with van der Waals surface area (Å²) in [5.41, 5.74) is 1.14. The molecule has 1 heterocycles. The van der Waals surface area contributed by atoms with Crippen LogP contribution in [0.3, 0.4) is 0 Å². The monoisotopic (exact) mass is 470 g/mol. The van der Waals surface area contributed by atoms with Crippen LogP contribution in [0.4, 0.5) is 0 Å². The lowest BCUT2D eigenvalue weighted by atomic mass is 10.1. The minimum atomic E-state index is 0. The van der Waals surface area contributed by atoms with Crippen LogP contribution in [-0.2, 0) is 6.54 Å². The zero-order valence-corrected chi connectivity index (χ0v) is 18.6. The summed E-state index contributed by atoms with van der Waals surface area (Å²) in [5.74, 6) is 2.09. The van der Waals surface area contributed by atoms with Gasteiger partial charge in [-0.15, -0.1) is 0 Å². The lowest BCUT2D eigenvalue weighted by Crippen LogP contribution is -3.00. The third kappa shape index (κ3) is 7.68. The van der Waals surface area contributed by atoms with Crippen LogP contribution >= 0.6 is 0 Å². The van der Waals surface area contributed by atoms with Gasteiger partial charge in [-0.3, -0.25) is 0 Å². The Morgan fingerprint density at radius 1 is 0.885 bits per heavy atom. The van der Waals surface area contributed by atoms with Gasteiger partial charge in [-0.25, -0.2) is 9.55 Å². The second-order valence-corrected chi connectivity index (χ2v) is 6.76. The summed E-state index contributed by atoms with van der Waals surface area (Å²) in [6, 6.07) is 8.27. The maximum atomic E-state index is 5.78. The third-order valence-corrected chi connectivity index (χ3v) is 4.71. The first-order valence-corrected chi connectivity index (χ1v) is 10.2. The summed E-state index contributed by atoms with van der Waals surface area (Å²) >= 11 is 0. The smallest absolute Gasteiger partial charge is 0.290 e. The van der Waals surface area contributed by atoms with Crippen LogP contribution in [0.5, 0.6) is 5.75 Å². The minimum Gasteiger partial charge on any atom is -1.00 e. The molecule has 0 atom stereocenters. The van der Waals surface area contributed by atoms with Crippen molar-refractivity contribution < 1.29 is 33.3 Å². The van der Waals surface area contributed by atoms with Crippen LogP contribution in [-0.4, -0.2) is 11.6 Å². The number of unbranched alkanes of at least 4 members (excludes halogenated alkanes) is 8. The standard InChI is InChI=1S/C22H34N2O.HI/c1-3-5-6-7-8-9-10-11-14-18-24-19-17-23-22(24)20-15-12-13-16-21(20)25-4-2;/h12-13,15-17,19H,3-11,14,18H2,1-2H3;1H. The molecule has 0 aliphatic carbocycles. The first kappa shape index (κ1) is 23.0. The Balaban J connectivity index is 0.00000338. The van der Waals surface area contributed by atoms with Gasteiger partial charge in [0.2, 0.25) is 0 Å². The number of aromatic nitrogens is 2. The molecule has 0 spiro atoms. The quantitative estimate of drug-likeness (QED) is 0.272. The number of nitrogens with zero attached hydrogens (tertiary/aromatic N) is 1. The number of nitrogens with one attached hydrogen (secondary N) is 1. The fraction of sp³-hybridized carbons (Fsp3) is 0.591. The highest BCUT2D eigenvalue weighted by Crippen LogP contribution is 2.26. The predicted octanol–water partition coefficient (Wildman–Crippen LogP) is 2.90. The number of imidazole rings is 1. The molecule has 0 aliphatic heterocycles. The highest BCUT2D eigenvalue weighted by molar-refractivity contribution is 5.61. The molecule has 0 amide bonds. The molecule has 3 nitrogen and oxygen atoms in total. The Morgan fingerprint density at radius 2 is 1.54 bits per heavy atom. The van der Waals surface area contributed by atoms with Crippen molar-refractivity contribution in [3.63, 3.8) is 0 Å². The highest BCUT2D eigenvalue weighted by Gasteiger charge is 2.17. The number of rotatable bonds is 13. The van der Waals surface area contributed by atoms with Crippen molar-refractivity contribution in [2.75, 3.05) is 6.61 Å². The zero-order valence-electron chi connectivity index (χ0n) is 16.5. The van der Waals surface area contributed by atoms with Crippen molar-refractivity contribution in [1.82, 2.24) is 4.98 Å². The van der Waals surface area contributed by atoms with Crippen molar-refractivity contribution in [1.29, 1.82) is 0 Å². The van der Waals surface area contributed by atoms with Gasteiger partial charge in [0.25, 0.3) is 5.82 Å². The van der Waals surface area contributed by atoms with E-state index in [1.165, 1.54) is 57.8 Å². The number of H-pyrrole nitrogens is 1. The van der Waals surface area contributed by atoms with Crippen LogP contribution in [0.15, 0.2) is 36.7 Å². The molecule has 1 N–H and O–H groups in total. The molecule has 1 aromatic heterocycles. The normalized spacial score (nSPS) is 10.5. The Hall–Kier alpha value is -1.04. The van der Waals surface area contributed by atoms with Gasteiger partial charge in [-0.1, -0.05) is 64.0 Å². The summed E-state index contributed by atoms with van der Waals surface area (Å²) in [6.07, 6.45) is 16.4. The van der Waals surface area contributed by atoms with E-state index in [0.717, 1.165) is 23.7 Å². The van der Waals surface area contributed by atoms with Gasteiger partial charge in [-0.2, -0.15) is 0 Å². The summed E-state index contributed by atoms with van der Waals surface area (Å²) in [5, 5.41) is 0. The fourth-order valence-electron chi connectivity index (χ4n) is 3.32. The molecular formula is C22H35IN2O. The Labute approximate surface area is 176 Å². The molecule has 2 rings (SSSR count). The molecular weight excluding hydrogens is 435 g/mol. The molecule has 0 unspecified atom stereocenters. The van der Waals surface area contributed by atoms with Gasteiger partial charge in [0.15, 0.2) is 0 Å². The Morgan fingerprint density at radius 3 is 2.23 bits per heavy atom. The van der Waals surface area contributed by atoms with Crippen molar-refractivity contribution in [2.45, 2.75) is 78.2 Å². The second kappa shape index (κ2) is 14.1. The number of aromatic amines is 1. The number of hydrogen-bond donors (Lipinski definition) is 1. The maximum absolute atomic E-state index is 5.78. The molecule has 0 fully saturated rings. The predicted molar refractivity (Wildman–Crippen MR) is 105 cm³/mol. The molecule has 146 valence electrons. The summed E-state index contributed by atoms with van der Waals surface area (Å²) in [6.45, 7) is 6.06. The number of para-hydroxylation sites is 1. The minimum absolute atomic E-state index is 0. The summed E-state index contributed by atoms with van der Waals surface area (Å²) in [7, 11) is 0. The molecule has 4 heteroatoms. The van der Waals surface area contributed by atoms with E-state index in [9.17, 15) is 0 Å². The van der Waals surface area contributed by atoms with Crippen molar-refractivity contribution in [3.05, 3.63) is 36.7 Å². The van der Waals surface area contributed by atoms with Crippen LogP contribution < -0.4 is 33.3 Å². The third-order valence-electron chi connectivity index (χ3n) is 4.71.